The molecular weight excluding hydrogens is 374 g/mol. The molecule has 0 atom stereocenters. The minimum atomic E-state index is -3.80. The smallest absolute Gasteiger partial charge is 0.262 e. The Morgan fingerprint density at radius 3 is 2.29 bits per heavy atom. The summed E-state index contributed by atoms with van der Waals surface area (Å²) in [6, 6.07) is 10.1. The minimum absolute atomic E-state index is 0.103. The molecule has 0 heterocycles. The van der Waals surface area contributed by atoms with E-state index in [9.17, 15) is 13.2 Å². The molecule has 1 amide bonds. The highest BCUT2D eigenvalue weighted by atomic mass is 32.2. The Bertz CT molecular complexity index is 953. The van der Waals surface area contributed by atoms with E-state index >= 15 is 0 Å². The van der Waals surface area contributed by atoms with Crippen molar-refractivity contribution in [1.29, 1.82) is 0 Å². The van der Waals surface area contributed by atoms with Crippen molar-refractivity contribution in [3.05, 3.63) is 58.7 Å². The quantitative estimate of drug-likeness (QED) is 0.664. The predicted molar refractivity (Wildman–Crippen MR) is 113 cm³/mol. The van der Waals surface area contributed by atoms with Gasteiger partial charge in [0, 0.05) is 17.8 Å². The van der Waals surface area contributed by atoms with Crippen molar-refractivity contribution in [3.63, 3.8) is 0 Å². The van der Waals surface area contributed by atoms with Crippen LogP contribution in [-0.2, 0) is 10.0 Å². The van der Waals surface area contributed by atoms with Gasteiger partial charge in [-0.1, -0.05) is 12.1 Å². The molecule has 0 spiro atoms. The van der Waals surface area contributed by atoms with Gasteiger partial charge in [-0.05, 0) is 88.8 Å². The van der Waals surface area contributed by atoms with Gasteiger partial charge in [-0.3, -0.25) is 9.52 Å². The van der Waals surface area contributed by atoms with Gasteiger partial charge >= 0.3 is 0 Å². The van der Waals surface area contributed by atoms with Crippen molar-refractivity contribution >= 4 is 21.6 Å². The Labute approximate surface area is 168 Å². The Kier molecular flexibility index (Phi) is 7.21. The normalized spacial score (nSPS) is 11.5. The Morgan fingerprint density at radius 1 is 0.964 bits per heavy atom. The fraction of sp³-hybridized carbons (Fsp3) is 0.381. The van der Waals surface area contributed by atoms with Crippen LogP contribution in [0.15, 0.2) is 41.3 Å². The van der Waals surface area contributed by atoms with E-state index in [1.807, 2.05) is 38.9 Å². The van der Waals surface area contributed by atoms with E-state index < -0.39 is 10.0 Å². The second-order valence-electron chi connectivity index (χ2n) is 7.30. The Hall–Kier alpha value is -2.38. The molecule has 28 heavy (non-hydrogen) atoms. The summed E-state index contributed by atoms with van der Waals surface area (Å²) >= 11 is 0. The summed E-state index contributed by atoms with van der Waals surface area (Å²) in [6.07, 6.45) is 0.823. The molecule has 0 bridgehead atoms. The van der Waals surface area contributed by atoms with Crippen LogP contribution in [0.3, 0.4) is 0 Å². The van der Waals surface area contributed by atoms with Crippen LogP contribution in [0.1, 0.15) is 33.5 Å². The van der Waals surface area contributed by atoms with Gasteiger partial charge in [-0.15, -0.1) is 0 Å². The molecule has 0 fully saturated rings. The van der Waals surface area contributed by atoms with Gasteiger partial charge in [0.2, 0.25) is 0 Å². The topological polar surface area (TPSA) is 78.5 Å². The fourth-order valence-corrected chi connectivity index (χ4v) is 4.07. The first-order valence-corrected chi connectivity index (χ1v) is 10.7. The standard InChI is InChI=1S/C21H29N3O3S/c1-15-8-10-19(13-17(15)3)23-28(26,27)20-14-18(9-7-16(20)2)21(25)22-11-6-12-24(4)5/h7-10,13-14,23H,6,11-12H2,1-5H3,(H,22,25). The first kappa shape index (κ1) is 21.9. The van der Waals surface area contributed by atoms with Crippen LogP contribution in [-0.4, -0.2) is 46.4 Å². The highest BCUT2D eigenvalue weighted by Crippen LogP contribution is 2.22. The summed E-state index contributed by atoms with van der Waals surface area (Å²) in [4.78, 5) is 14.5. The average molecular weight is 404 g/mol. The maximum absolute atomic E-state index is 12.9. The van der Waals surface area contributed by atoms with E-state index in [-0.39, 0.29) is 10.8 Å². The number of anilines is 1. The zero-order valence-electron chi connectivity index (χ0n) is 17.2. The molecule has 0 aliphatic rings. The first-order chi connectivity index (χ1) is 13.1. The second kappa shape index (κ2) is 9.21. The lowest BCUT2D eigenvalue weighted by Crippen LogP contribution is -2.27. The van der Waals surface area contributed by atoms with E-state index in [2.05, 4.69) is 10.0 Å². The first-order valence-electron chi connectivity index (χ1n) is 9.24. The van der Waals surface area contributed by atoms with Crippen LogP contribution in [0.5, 0.6) is 0 Å². The van der Waals surface area contributed by atoms with Crippen LogP contribution < -0.4 is 10.0 Å². The fourth-order valence-electron chi connectivity index (χ4n) is 2.75. The number of nitrogens with zero attached hydrogens (tertiary/aromatic N) is 1. The lowest BCUT2D eigenvalue weighted by atomic mass is 10.1. The van der Waals surface area contributed by atoms with E-state index in [0.717, 1.165) is 24.1 Å². The summed E-state index contributed by atoms with van der Waals surface area (Å²) in [5.74, 6) is -0.276. The van der Waals surface area contributed by atoms with Gasteiger partial charge in [0.1, 0.15) is 0 Å². The highest BCUT2D eigenvalue weighted by molar-refractivity contribution is 7.92. The highest BCUT2D eigenvalue weighted by Gasteiger charge is 2.19. The van der Waals surface area contributed by atoms with Gasteiger partial charge in [0.25, 0.3) is 15.9 Å². The molecule has 0 saturated carbocycles. The molecule has 2 aromatic carbocycles. The molecule has 2 N–H and O–H groups in total. The van der Waals surface area contributed by atoms with Crippen molar-refractivity contribution in [1.82, 2.24) is 10.2 Å². The SMILES string of the molecule is Cc1ccc(NS(=O)(=O)c2cc(C(=O)NCCCN(C)C)ccc2C)cc1C. The number of sulfonamides is 1. The number of benzene rings is 2. The van der Waals surface area contributed by atoms with Gasteiger partial charge in [0.05, 0.1) is 4.90 Å². The summed E-state index contributed by atoms with van der Waals surface area (Å²) < 4.78 is 28.4. The van der Waals surface area contributed by atoms with Crippen molar-refractivity contribution in [2.45, 2.75) is 32.1 Å². The number of nitrogens with one attached hydrogen (secondary N) is 2. The molecule has 0 unspecified atom stereocenters. The molecule has 152 valence electrons. The summed E-state index contributed by atoms with van der Waals surface area (Å²) in [5.41, 5.74) is 3.51. The number of hydrogen-bond donors (Lipinski definition) is 2. The zero-order valence-corrected chi connectivity index (χ0v) is 18.0. The van der Waals surface area contributed by atoms with Crippen LogP contribution in [0.25, 0.3) is 0 Å². The van der Waals surface area contributed by atoms with Gasteiger partial charge in [-0.2, -0.15) is 0 Å². The van der Waals surface area contributed by atoms with Gasteiger partial charge in [-0.25, -0.2) is 8.42 Å². The Balaban J connectivity index is 2.18. The number of carbonyl (C=O) groups excluding carboxylic acids is 1. The number of aryl methyl sites for hydroxylation is 3. The molecule has 0 aliphatic heterocycles. The average Bonchev–Trinajstić information content (AvgIpc) is 2.61. The summed E-state index contributed by atoms with van der Waals surface area (Å²) in [5, 5.41) is 2.83. The van der Waals surface area contributed by atoms with Crippen molar-refractivity contribution in [3.8, 4) is 0 Å². The number of hydrogen-bond acceptors (Lipinski definition) is 4. The Morgan fingerprint density at radius 2 is 1.64 bits per heavy atom. The lowest BCUT2D eigenvalue weighted by Gasteiger charge is -2.13. The second-order valence-corrected chi connectivity index (χ2v) is 8.95. The third-order valence-electron chi connectivity index (χ3n) is 4.57. The summed E-state index contributed by atoms with van der Waals surface area (Å²) in [6.45, 7) is 7.02. The van der Waals surface area contributed by atoms with E-state index in [4.69, 9.17) is 0 Å². The van der Waals surface area contributed by atoms with Crippen LogP contribution >= 0.6 is 0 Å². The number of rotatable bonds is 8. The lowest BCUT2D eigenvalue weighted by molar-refractivity contribution is 0.0952. The van der Waals surface area contributed by atoms with Crippen LogP contribution in [0.2, 0.25) is 0 Å². The monoisotopic (exact) mass is 403 g/mol. The maximum Gasteiger partial charge on any atom is 0.262 e. The van der Waals surface area contributed by atoms with E-state index in [1.54, 1.807) is 31.2 Å². The molecule has 2 rings (SSSR count). The molecular formula is C21H29N3O3S. The van der Waals surface area contributed by atoms with Crippen molar-refractivity contribution < 1.29 is 13.2 Å². The van der Waals surface area contributed by atoms with E-state index in [1.165, 1.54) is 6.07 Å². The molecule has 2 aromatic rings. The van der Waals surface area contributed by atoms with Crippen LogP contribution in [0.4, 0.5) is 5.69 Å². The minimum Gasteiger partial charge on any atom is -0.352 e. The van der Waals surface area contributed by atoms with Gasteiger partial charge in [0.15, 0.2) is 0 Å². The van der Waals surface area contributed by atoms with Crippen LogP contribution in [0, 0.1) is 20.8 Å². The summed E-state index contributed by atoms with van der Waals surface area (Å²) in [7, 11) is 0.145. The molecule has 0 aliphatic carbocycles. The third-order valence-corrected chi connectivity index (χ3v) is 6.09. The van der Waals surface area contributed by atoms with Crippen molar-refractivity contribution in [2.24, 2.45) is 0 Å². The van der Waals surface area contributed by atoms with Crippen molar-refractivity contribution in [2.75, 3.05) is 31.9 Å². The number of amides is 1. The largest absolute Gasteiger partial charge is 0.352 e. The third kappa shape index (κ3) is 5.81. The van der Waals surface area contributed by atoms with Gasteiger partial charge < -0.3 is 10.2 Å². The molecule has 0 saturated heterocycles. The molecule has 0 radical (unpaired) electrons. The predicted octanol–water partition coefficient (Wildman–Crippen LogP) is 3.09. The molecule has 6 nitrogen and oxygen atoms in total. The molecule has 7 heteroatoms. The number of carbonyl (C=O) groups is 1. The molecule has 0 aromatic heterocycles. The van der Waals surface area contributed by atoms with E-state index in [0.29, 0.717) is 23.4 Å². The maximum atomic E-state index is 12.9. The zero-order chi connectivity index (χ0) is 20.9.